The van der Waals surface area contributed by atoms with Crippen molar-refractivity contribution in [2.45, 2.75) is 6.61 Å². The lowest BCUT2D eigenvalue weighted by molar-refractivity contribution is -0.384. The minimum Gasteiger partial charge on any atom is -0.489 e. The van der Waals surface area contributed by atoms with Crippen molar-refractivity contribution in [3.63, 3.8) is 0 Å². The topological polar surface area (TPSA) is 52.4 Å². The highest BCUT2D eigenvalue weighted by molar-refractivity contribution is 14.1. The number of rotatable bonds is 4. The van der Waals surface area contributed by atoms with E-state index in [1.165, 1.54) is 12.1 Å². The normalized spacial score (nSPS) is 10.1. The van der Waals surface area contributed by atoms with Gasteiger partial charge in [0.2, 0.25) is 0 Å². The molecule has 0 saturated heterocycles. The predicted molar refractivity (Wildman–Crippen MR) is 76.6 cm³/mol. The second-order valence-corrected chi connectivity index (χ2v) is 4.92. The Kier molecular flexibility index (Phi) is 4.14. The average Bonchev–Trinajstić information content (AvgIpc) is 2.37. The molecule has 0 atom stereocenters. The van der Waals surface area contributed by atoms with Crippen LogP contribution in [-0.4, -0.2) is 4.92 Å². The van der Waals surface area contributed by atoms with E-state index in [4.69, 9.17) is 4.74 Å². The molecule has 92 valence electrons. The first kappa shape index (κ1) is 12.8. The zero-order valence-corrected chi connectivity index (χ0v) is 11.5. The summed E-state index contributed by atoms with van der Waals surface area (Å²) in [5.74, 6) is 0.625. The van der Waals surface area contributed by atoms with E-state index in [1.54, 1.807) is 12.1 Å². The van der Waals surface area contributed by atoms with Crippen molar-refractivity contribution in [1.82, 2.24) is 0 Å². The fraction of sp³-hybridized carbons (Fsp3) is 0.0769. The molecule has 0 bridgehead atoms. The summed E-state index contributed by atoms with van der Waals surface area (Å²) in [6, 6.07) is 14.1. The summed E-state index contributed by atoms with van der Waals surface area (Å²) in [6.07, 6.45) is 0. The van der Waals surface area contributed by atoms with E-state index in [9.17, 15) is 10.1 Å². The molecule has 18 heavy (non-hydrogen) atoms. The van der Waals surface area contributed by atoms with Gasteiger partial charge in [0.1, 0.15) is 12.4 Å². The van der Waals surface area contributed by atoms with Crippen LogP contribution in [0.2, 0.25) is 0 Å². The van der Waals surface area contributed by atoms with Crippen LogP contribution in [0, 0.1) is 13.7 Å². The molecule has 0 unspecified atom stereocenters. The summed E-state index contributed by atoms with van der Waals surface area (Å²) in [5.41, 5.74) is 1.14. The number of non-ortho nitro benzene ring substituents is 1. The molecule has 2 aromatic rings. The van der Waals surface area contributed by atoms with Crippen molar-refractivity contribution >= 4 is 28.3 Å². The Labute approximate surface area is 118 Å². The van der Waals surface area contributed by atoms with E-state index in [1.807, 2.05) is 24.3 Å². The zero-order valence-electron chi connectivity index (χ0n) is 9.38. The highest BCUT2D eigenvalue weighted by Gasteiger charge is 2.04. The minimum atomic E-state index is -0.427. The van der Waals surface area contributed by atoms with Gasteiger partial charge in [-0.15, -0.1) is 0 Å². The van der Waals surface area contributed by atoms with Crippen molar-refractivity contribution < 1.29 is 9.66 Å². The standard InChI is InChI=1S/C13H10INO3/c14-11-3-1-2-10(8-11)9-18-13-6-4-12(5-7-13)15(16)17/h1-8H,9H2. The van der Waals surface area contributed by atoms with Crippen LogP contribution in [0.15, 0.2) is 48.5 Å². The highest BCUT2D eigenvalue weighted by atomic mass is 127. The molecule has 0 aliphatic heterocycles. The lowest BCUT2D eigenvalue weighted by Gasteiger charge is -2.06. The minimum absolute atomic E-state index is 0.0663. The van der Waals surface area contributed by atoms with E-state index >= 15 is 0 Å². The number of halogens is 1. The van der Waals surface area contributed by atoms with Crippen molar-refractivity contribution in [3.8, 4) is 5.75 Å². The molecule has 0 fully saturated rings. The van der Waals surface area contributed by atoms with Gasteiger partial charge in [-0.1, -0.05) is 12.1 Å². The van der Waals surface area contributed by atoms with Crippen molar-refractivity contribution in [1.29, 1.82) is 0 Å². The van der Waals surface area contributed by atoms with Gasteiger partial charge in [-0.25, -0.2) is 0 Å². The molecule has 0 saturated carbocycles. The lowest BCUT2D eigenvalue weighted by Crippen LogP contribution is -1.96. The van der Waals surface area contributed by atoms with E-state index in [-0.39, 0.29) is 5.69 Å². The maximum absolute atomic E-state index is 10.5. The summed E-state index contributed by atoms with van der Waals surface area (Å²) in [5, 5.41) is 10.5. The molecule has 2 rings (SSSR count). The van der Waals surface area contributed by atoms with Gasteiger partial charge in [0, 0.05) is 15.7 Å². The fourth-order valence-electron chi connectivity index (χ4n) is 1.46. The number of nitro groups is 1. The quantitative estimate of drug-likeness (QED) is 0.477. The molecular weight excluding hydrogens is 345 g/mol. The smallest absolute Gasteiger partial charge is 0.269 e. The number of hydrogen-bond acceptors (Lipinski definition) is 3. The molecule has 0 amide bonds. The Bertz CT molecular complexity index is 554. The molecule has 0 spiro atoms. The number of nitro benzene ring substituents is 1. The summed E-state index contributed by atoms with van der Waals surface area (Å²) < 4.78 is 6.71. The van der Waals surface area contributed by atoms with Gasteiger partial charge in [-0.05, 0) is 52.4 Å². The van der Waals surface area contributed by atoms with Crippen LogP contribution in [-0.2, 0) is 6.61 Å². The van der Waals surface area contributed by atoms with Crippen molar-refractivity contribution in [3.05, 3.63) is 67.8 Å². The summed E-state index contributed by atoms with van der Waals surface area (Å²) >= 11 is 2.24. The second kappa shape index (κ2) is 5.81. The number of nitrogens with zero attached hydrogens (tertiary/aromatic N) is 1. The van der Waals surface area contributed by atoms with Gasteiger partial charge in [0.15, 0.2) is 0 Å². The third kappa shape index (κ3) is 3.43. The van der Waals surface area contributed by atoms with Gasteiger partial charge in [-0.2, -0.15) is 0 Å². The van der Waals surface area contributed by atoms with E-state index in [2.05, 4.69) is 22.6 Å². The predicted octanol–water partition coefficient (Wildman–Crippen LogP) is 3.78. The Balaban J connectivity index is 2.00. The van der Waals surface area contributed by atoms with E-state index in [0.717, 1.165) is 9.13 Å². The lowest BCUT2D eigenvalue weighted by atomic mass is 10.2. The van der Waals surface area contributed by atoms with Gasteiger partial charge >= 0.3 is 0 Å². The van der Waals surface area contributed by atoms with E-state index < -0.39 is 4.92 Å². The van der Waals surface area contributed by atoms with Gasteiger partial charge in [-0.3, -0.25) is 10.1 Å². The first-order valence-electron chi connectivity index (χ1n) is 5.27. The molecular formula is C13H10INO3. The fourth-order valence-corrected chi connectivity index (χ4v) is 2.07. The van der Waals surface area contributed by atoms with Crippen LogP contribution in [0.25, 0.3) is 0 Å². The molecule has 0 aliphatic rings. The molecule has 0 radical (unpaired) electrons. The average molecular weight is 355 g/mol. The molecule has 2 aromatic carbocycles. The van der Waals surface area contributed by atoms with Crippen LogP contribution < -0.4 is 4.74 Å². The van der Waals surface area contributed by atoms with Crippen LogP contribution in [0.3, 0.4) is 0 Å². The molecule has 0 N–H and O–H groups in total. The maximum Gasteiger partial charge on any atom is 0.269 e. The monoisotopic (exact) mass is 355 g/mol. The number of hydrogen-bond donors (Lipinski definition) is 0. The van der Waals surface area contributed by atoms with E-state index in [0.29, 0.717) is 12.4 Å². The highest BCUT2D eigenvalue weighted by Crippen LogP contribution is 2.18. The first-order chi connectivity index (χ1) is 8.65. The Morgan fingerprint density at radius 1 is 1.17 bits per heavy atom. The van der Waals surface area contributed by atoms with Gasteiger partial charge < -0.3 is 4.74 Å². The summed E-state index contributed by atoms with van der Waals surface area (Å²) in [7, 11) is 0. The molecule has 0 aliphatic carbocycles. The first-order valence-corrected chi connectivity index (χ1v) is 6.35. The molecule has 5 heteroatoms. The third-order valence-electron chi connectivity index (χ3n) is 2.34. The van der Waals surface area contributed by atoms with Crippen LogP contribution in [0.4, 0.5) is 5.69 Å². The van der Waals surface area contributed by atoms with Crippen LogP contribution in [0.1, 0.15) is 5.56 Å². The van der Waals surface area contributed by atoms with Crippen molar-refractivity contribution in [2.24, 2.45) is 0 Å². The van der Waals surface area contributed by atoms with Gasteiger partial charge in [0.05, 0.1) is 4.92 Å². The van der Waals surface area contributed by atoms with Gasteiger partial charge in [0.25, 0.3) is 5.69 Å². The number of benzene rings is 2. The zero-order chi connectivity index (χ0) is 13.0. The second-order valence-electron chi connectivity index (χ2n) is 3.67. The van der Waals surface area contributed by atoms with Crippen LogP contribution in [0.5, 0.6) is 5.75 Å². The Morgan fingerprint density at radius 2 is 1.89 bits per heavy atom. The maximum atomic E-state index is 10.5. The Hall–Kier alpha value is -1.63. The summed E-state index contributed by atoms with van der Waals surface area (Å²) in [4.78, 5) is 10.1. The molecule has 0 aromatic heterocycles. The summed E-state index contributed by atoms with van der Waals surface area (Å²) in [6.45, 7) is 0.453. The largest absolute Gasteiger partial charge is 0.489 e. The van der Waals surface area contributed by atoms with Crippen molar-refractivity contribution in [2.75, 3.05) is 0 Å². The Morgan fingerprint density at radius 3 is 2.50 bits per heavy atom. The molecule has 4 nitrogen and oxygen atoms in total. The molecule has 0 heterocycles. The third-order valence-corrected chi connectivity index (χ3v) is 3.01. The number of ether oxygens (including phenoxy) is 1. The van der Waals surface area contributed by atoms with Crippen LogP contribution >= 0.6 is 22.6 Å². The SMILES string of the molecule is O=[N+]([O-])c1ccc(OCc2cccc(I)c2)cc1.